The summed E-state index contributed by atoms with van der Waals surface area (Å²) in [6.45, 7) is 0. The minimum atomic E-state index is -0.909. The molecule has 0 saturated carbocycles. The topological polar surface area (TPSA) is 25.8 Å². The van der Waals surface area contributed by atoms with Gasteiger partial charge in [-0.3, -0.25) is 0 Å². The molecule has 0 aliphatic carbocycles. The normalized spacial score (nSPS) is 10.5. The quantitative estimate of drug-likeness (QED) is 0.593. The van der Waals surface area contributed by atoms with Crippen LogP contribution in [0.3, 0.4) is 0 Å². The molecule has 0 amide bonds. The van der Waals surface area contributed by atoms with Crippen LogP contribution >= 0.6 is 0 Å². The van der Waals surface area contributed by atoms with E-state index in [9.17, 15) is 8.78 Å². The van der Waals surface area contributed by atoms with Crippen LogP contribution in [0.4, 0.5) is 8.78 Å². The molecule has 0 N–H and O–H groups in total. The zero-order valence-electron chi connectivity index (χ0n) is 5.88. The minimum absolute atomic E-state index is 0.351. The maximum absolute atomic E-state index is 12.6. The molecule has 59 valence electrons. The summed E-state index contributed by atoms with van der Waals surface area (Å²) in [7, 11) is 0. The molecule has 0 aliphatic rings. The van der Waals surface area contributed by atoms with E-state index < -0.39 is 11.6 Å². The van der Waals surface area contributed by atoms with E-state index in [1.165, 1.54) is 6.33 Å². The van der Waals surface area contributed by atoms with Crippen molar-refractivity contribution in [2.75, 3.05) is 0 Å². The third kappa shape index (κ3) is 1.01. The molecule has 0 atom stereocenters. The molecule has 1 aromatic carbocycles. The zero-order valence-corrected chi connectivity index (χ0v) is 5.88. The lowest BCUT2D eigenvalue weighted by atomic mass is 10.2. The molecule has 2 nitrogen and oxygen atoms in total. The van der Waals surface area contributed by atoms with Gasteiger partial charge in [0, 0.05) is 11.5 Å². The number of hydrogen-bond acceptors (Lipinski definition) is 2. The molecule has 4 heteroatoms. The average molecular weight is 165 g/mol. The molecule has 0 unspecified atom stereocenters. The molecular formula is C8H3F2N2. The van der Waals surface area contributed by atoms with E-state index >= 15 is 0 Å². The van der Waals surface area contributed by atoms with E-state index in [-0.39, 0.29) is 0 Å². The van der Waals surface area contributed by atoms with Gasteiger partial charge in [0.25, 0.3) is 0 Å². The summed E-state index contributed by atoms with van der Waals surface area (Å²) in [5.74, 6) is -1.82. The Morgan fingerprint density at radius 1 is 1.17 bits per heavy atom. The van der Waals surface area contributed by atoms with Gasteiger partial charge in [-0.25, -0.2) is 18.7 Å². The van der Waals surface area contributed by atoms with Crippen molar-refractivity contribution in [1.82, 2.24) is 9.97 Å². The van der Waals surface area contributed by atoms with Gasteiger partial charge in [-0.05, 0) is 6.07 Å². The molecule has 12 heavy (non-hydrogen) atoms. The first-order valence-corrected chi connectivity index (χ1v) is 3.25. The van der Waals surface area contributed by atoms with Crippen molar-refractivity contribution >= 4 is 10.9 Å². The third-order valence-electron chi connectivity index (χ3n) is 1.48. The van der Waals surface area contributed by atoms with Crippen molar-refractivity contribution in [3.63, 3.8) is 0 Å². The number of nitrogens with zero attached hydrogens (tertiary/aromatic N) is 2. The summed E-state index contributed by atoms with van der Waals surface area (Å²) >= 11 is 0. The van der Waals surface area contributed by atoms with Gasteiger partial charge in [-0.15, -0.1) is 0 Å². The molecule has 0 saturated heterocycles. The highest BCUT2D eigenvalue weighted by molar-refractivity contribution is 5.76. The number of hydrogen-bond donors (Lipinski definition) is 0. The fourth-order valence-electron chi connectivity index (χ4n) is 0.922. The van der Waals surface area contributed by atoms with E-state index in [4.69, 9.17) is 0 Å². The molecule has 1 heterocycles. The fraction of sp³-hybridized carbons (Fsp3) is 0. The first kappa shape index (κ1) is 7.09. The lowest BCUT2D eigenvalue weighted by molar-refractivity contribution is 0.510. The van der Waals surface area contributed by atoms with Crippen molar-refractivity contribution in [2.24, 2.45) is 0 Å². The molecule has 1 radical (unpaired) electrons. The lowest BCUT2D eigenvalue weighted by Crippen LogP contribution is -1.87. The molecule has 0 fully saturated rings. The SMILES string of the molecule is Fc1cc2[c]ncnc2cc1F. The Bertz CT molecular complexity index is 388. The number of benzene rings is 1. The predicted octanol–water partition coefficient (Wildman–Crippen LogP) is 1.71. The second-order valence-corrected chi connectivity index (χ2v) is 2.27. The number of fused-ring (bicyclic) bond motifs is 1. The van der Waals surface area contributed by atoms with Crippen molar-refractivity contribution in [2.45, 2.75) is 0 Å². The second kappa shape index (κ2) is 2.48. The highest BCUT2D eigenvalue weighted by Gasteiger charge is 2.03. The molecule has 2 rings (SSSR count). The van der Waals surface area contributed by atoms with Gasteiger partial charge in [0.15, 0.2) is 11.6 Å². The number of aromatic nitrogens is 2. The summed E-state index contributed by atoms with van der Waals surface area (Å²) in [5, 5.41) is 0.372. The Labute approximate surface area is 66.9 Å². The van der Waals surface area contributed by atoms with Crippen LogP contribution in [0.25, 0.3) is 10.9 Å². The van der Waals surface area contributed by atoms with Gasteiger partial charge in [0.1, 0.15) is 12.5 Å². The minimum Gasteiger partial charge on any atom is -0.236 e. The third-order valence-corrected chi connectivity index (χ3v) is 1.48. The molecule has 0 aliphatic heterocycles. The van der Waals surface area contributed by atoms with Crippen molar-refractivity contribution in [3.05, 3.63) is 36.3 Å². The van der Waals surface area contributed by atoms with Gasteiger partial charge < -0.3 is 0 Å². The molecule has 0 bridgehead atoms. The van der Waals surface area contributed by atoms with Crippen LogP contribution in [0, 0.1) is 17.8 Å². The summed E-state index contributed by atoms with van der Waals surface area (Å²) in [6, 6.07) is 2.04. The summed E-state index contributed by atoms with van der Waals surface area (Å²) in [6.07, 6.45) is 3.74. The van der Waals surface area contributed by atoms with E-state index in [2.05, 4.69) is 16.2 Å². The van der Waals surface area contributed by atoms with E-state index in [0.717, 1.165) is 12.1 Å². The average Bonchev–Trinajstić information content (AvgIpc) is 2.07. The molecule has 2 aromatic rings. The smallest absolute Gasteiger partial charge is 0.161 e. The Morgan fingerprint density at radius 3 is 2.75 bits per heavy atom. The Morgan fingerprint density at radius 2 is 1.92 bits per heavy atom. The van der Waals surface area contributed by atoms with Crippen LogP contribution in [-0.2, 0) is 0 Å². The Hall–Kier alpha value is -1.58. The van der Waals surface area contributed by atoms with Crippen LogP contribution in [-0.4, -0.2) is 9.97 Å². The predicted molar refractivity (Wildman–Crippen MR) is 38.3 cm³/mol. The lowest BCUT2D eigenvalue weighted by Gasteiger charge is -1.95. The first-order chi connectivity index (χ1) is 5.77. The van der Waals surface area contributed by atoms with Gasteiger partial charge in [-0.1, -0.05) is 0 Å². The van der Waals surface area contributed by atoms with E-state index in [1.54, 1.807) is 0 Å². The van der Waals surface area contributed by atoms with Crippen molar-refractivity contribution < 1.29 is 8.78 Å². The van der Waals surface area contributed by atoms with Crippen LogP contribution in [0.2, 0.25) is 0 Å². The summed E-state index contributed by atoms with van der Waals surface area (Å²) in [5.41, 5.74) is 0.351. The second-order valence-electron chi connectivity index (χ2n) is 2.27. The maximum atomic E-state index is 12.6. The van der Waals surface area contributed by atoms with Crippen LogP contribution in [0.1, 0.15) is 0 Å². The van der Waals surface area contributed by atoms with Gasteiger partial charge >= 0.3 is 0 Å². The monoisotopic (exact) mass is 165 g/mol. The van der Waals surface area contributed by atoms with E-state index in [1.807, 2.05) is 0 Å². The van der Waals surface area contributed by atoms with Crippen LogP contribution in [0.5, 0.6) is 0 Å². The highest BCUT2D eigenvalue weighted by atomic mass is 19.2. The van der Waals surface area contributed by atoms with Crippen LogP contribution in [0.15, 0.2) is 18.5 Å². The Kier molecular flexibility index (Phi) is 1.46. The number of halogens is 2. The van der Waals surface area contributed by atoms with Crippen molar-refractivity contribution in [3.8, 4) is 0 Å². The standard InChI is InChI=1S/C8H3F2N2/c9-6-1-5-3-11-4-12-8(5)2-7(6)10/h1-2,4H. The summed E-state index contributed by atoms with van der Waals surface area (Å²) < 4.78 is 25.2. The van der Waals surface area contributed by atoms with Gasteiger partial charge in [0.05, 0.1) is 5.52 Å². The fourth-order valence-corrected chi connectivity index (χ4v) is 0.922. The molecular weight excluding hydrogens is 162 g/mol. The summed E-state index contributed by atoms with van der Waals surface area (Å²) in [4.78, 5) is 7.29. The number of rotatable bonds is 0. The van der Waals surface area contributed by atoms with Crippen molar-refractivity contribution in [1.29, 1.82) is 0 Å². The van der Waals surface area contributed by atoms with E-state index in [0.29, 0.717) is 10.9 Å². The largest absolute Gasteiger partial charge is 0.236 e. The zero-order chi connectivity index (χ0) is 8.55. The molecule has 1 aromatic heterocycles. The van der Waals surface area contributed by atoms with Crippen LogP contribution < -0.4 is 0 Å². The maximum Gasteiger partial charge on any atom is 0.161 e. The van der Waals surface area contributed by atoms with Gasteiger partial charge in [0.2, 0.25) is 0 Å². The van der Waals surface area contributed by atoms with Gasteiger partial charge in [-0.2, -0.15) is 0 Å². The Balaban J connectivity index is 2.84. The first-order valence-electron chi connectivity index (χ1n) is 3.25. The molecule has 0 spiro atoms. The highest BCUT2D eigenvalue weighted by Crippen LogP contribution is 2.13.